The van der Waals surface area contributed by atoms with Crippen molar-refractivity contribution in [2.75, 3.05) is 7.11 Å². The average molecular weight is 262 g/mol. The third-order valence-electron chi connectivity index (χ3n) is 3.13. The molecule has 0 saturated carbocycles. The molecule has 0 bridgehead atoms. The van der Waals surface area contributed by atoms with E-state index in [-0.39, 0.29) is 5.69 Å². The number of hydrogen-bond donors (Lipinski definition) is 1. The topological polar surface area (TPSA) is 64.1 Å². The predicted octanol–water partition coefficient (Wildman–Crippen LogP) is 2.16. The third-order valence-corrected chi connectivity index (χ3v) is 3.13. The van der Waals surface area contributed by atoms with Gasteiger partial charge in [0, 0.05) is 6.54 Å². The minimum Gasteiger partial charge on any atom is -0.465 e. The van der Waals surface area contributed by atoms with Crippen LogP contribution in [0.2, 0.25) is 0 Å². The molecule has 0 aliphatic rings. The lowest BCUT2D eigenvalue weighted by molar-refractivity contribution is 0.0601. The van der Waals surface area contributed by atoms with Gasteiger partial charge in [0.15, 0.2) is 0 Å². The number of aryl methyl sites for hydroxylation is 1. The van der Waals surface area contributed by atoms with Crippen molar-refractivity contribution in [3.05, 3.63) is 34.2 Å². The summed E-state index contributed by atoms with van der Waals surface area (Å²) in [5.41, 5.74) is 1.78. The fourth-order valence-electron chi connectivity index (χ4n) is 2.02. The number of esters is 1. The van der Waals surface area contributed by atoms with Crippen molar-refractivity contribution in [1.29, 1.82) is 0 Å². The van der Waals surface area contributed by atoms with E-state index in [0.717, 1.165) is 11.9 Å². The van der Waals surface area contributed by atoms with Gasteiger partial charge in [0.1, 0.15) is 0 Å². The molecule has 5 nitrogen and oxygen atoms in total. The fourth-order valence-corrected chi connectivity index (χ4v) is 2.02. The van der Waals surface area contributed by atoms with Crippen molar-refractivity contribution in [3.63, 3.8) is 0 Å². The van der Waals surface area contributed by atoms with Crippen LogP contribution in [0.3, 0.4) is 0 Å². The second-order valence-electron chi connectivity index (χ2n) is 4.99. The van der Waals surface area contributed by atoms with Crippen molar-refractivity contribution in [2.45, 2.75) is 26.8 Å². The Morgan fingerprint density at radius 3 is 2.79 bits per heavy atom. The number of H-pyrrole nitrogens is 1. The van der Waals surface area contributed by atoms with Crippen LogP contribution in [-0.4, -0.2) is 22.6 Å². The monoisotopic (exact) mass is 262 g/mol. The maximum absolute atomic E-state index is 11.9. The first-order chi connectivity index (χ1) is 9.02. The molecule has 2 aromatic rings. The van der Waals surface area contributed by atoms with Gasteiger partial charge in [0.05, 0.1) is 23.7 Å². The number of rotatable bonds is 4. The molecule has 1 aromatic carbocycles. The number of fused-ring (bicyclic) bond motifs is 1. The van der Waals surface area contributed by atoms with Gasteiger partial charge in [-0.25, -0.2) is 9.59 Å². The van der Waals surface area contributed by atoms with Gasteiger partial charge in [-0.15, -0.1) is 0 Å². The molecule has 0 fully saturated rings. The Bertz CT molecular complexity index is 652. The summed E-state index contributed by atoms with van der Waals surface area (Å²) >= 11 is 0. The van der Waals surface area contributed by atoms with Crippen LogP contribution in [0.15, 0.2) is 23.0 Å². The largest absolute Gasteiger partial charge is 0.465 e. The standard InChI is InChI=1S/C14H18N2O3/c1-9(2)6-7-16-12-5-4-10(13(17)19-3)8-11(12)15-14(16)18/h4-5,8-9H,6-7H2,1-3H3,(H,15,18). The number of methoxy groups -OCH3 is 1. The molecule has 0 aliphatic carbocycles. The number of benzene rings is 1. The van der Waals surface area contributed by atoms with Gasteiger partial charge in [-0.2, -0.15) is 0 Å². The molecular weight excluding hydrogens is 244 g/mol. The minimum absolute atomic E-state index is 0.141. The highest BCUT2D eigenvalue weighted by Gasteiger charge is 2.11. The van der Waals surface area contributed by atoms with Crippen LogP contribution in [0.4, 0.5) is 0 Å². The molecule has 0 saturated heterocycles. The number of imidazole rings is 1. The Kier molecular flexibility index (Phi) is 3.74. The molecule has 19 heavy (non-hydrogen) atoms. The minimum atomic E-state index is -0.405. The van der Waals surface area contributed by atoms with Gasteiger partial charge in [-0.05, 0) is 30.5 Å². The first-order valence-corrected chi connectivity index (χ1v) is 6.34. The highest BCUT2D eigenvalue weighted by atomic mass is 16.5. The number of carbonyl (C=O) groups is 1. The zero-order valence-electron chi connectivity index (χ0n) is 11.4. The van der Waals surface area contributed by atoms with E-state index in [4.69, 9.17) is 0 Å². The summed E-state index contributed by atoms with van der Waals surface area (Å²) in [6.07, 6.45) is 0.936. The summed E-state index contributed by atoms with van der Waals surface area (Å²) in [6.45, 7) is 4.92. The summed E-state index contributed by atoms with van der Waals surface area (Å²) in [6, 6.07) is 5.10. The van der Waals surface area contributed by atoms with Crippen molar-refractivity contribution < 1.29 is 9.53 Å². The predicted molar refractivity (Wildman–Crippen MR) is 73.4 cm³/mol. The summed E-state index contributed by atoms with van der Waals surface area (Å²) < 4.78 is 6.37. The molecular formula is C14H18N2O3. The summed E-state index contributed by atoms with van der Waals surface area (Å²) in [7, 11) is 1.34. The highest BCUT2D eigenvalue weighted by Crippen LogP contribution is 2.15. The third kappa shape index (κ3) is 2.70. The molecule has 0 unspecified atom stereocenters. The molecule has 0 aliphatic heterocycles. The first kappa shape index (κ1) is 13.4. The van der Waals surface area contributed by atoms with Gasteiger partial charge < -0.3 is 9.72 Å². The van der Waals surface area contributed by atoms with Gasteiger partial charge in [-0.1, -0.05) is 13.8 Å². The molecule has 1 N–H and O–H groups in total. The van der Waals surface area contributed by atoms with E-state index in [9.17, 15) is 9.59 Å². The Labute approximate surface area is 111 Å². The van der Waals surface area contributed by atoms with Crippen molar-refractivity contribution in [3.8, 4) is 0 Å². The first-order valence-electron chi connectivity index (χ1n) is 6.34. The van der Waals surface area contributed by atoms with Gasteiger partial charge in [0.2, 0.25) is 0 Å². The molecule has 0 radical (unpaired) electrons. The summed E-state index contributed by atoms with van der Waals surface area (Å²) in [4.78, 5) is 26.1. The van der Waals surface area contributed by atoms with E-state index in [1.807, 2.05) is 0 Å². The fraction of sp³-hybridized carbons (Fsp3) is 0.429. The molecule has 102 valence electrons. The summed E-state index contributed by atoms with van der Waals surface area (Å²) in [5.74, 6) is 0.129. The van der Waals surface area contributed by atoms with Crippen LogP contribution in [-0.2, 0) is 11.3 Å². The Morgan fingerprint density at radius 2 is 2.16 bits per heavy atom. The molecule has 0 spiro atoms. The maximum Gasteiger partial charge on any atom is 0.337 e. The lowest BCUT2D eigenvalue weighted by Gasteiger charge is -2.06. The Hall–Kier alpha value is -2.04. The lowest BCUT2D eigenvalue weighted by Crippen LogP contribution is -2.17. The van der Waals surface area contributed by atoms with E-state index in [1.165, 1.54) is 7.11 Å². The van der Waals surface area contributed by atoms with Crippen LogP contribution in [0.1, 0.15) is 30.6 Å². The van der Waals surface area contributed by atoms with Crippen LogP contribution < -0.4 is 5.69 Å². The van der Waals surface area contributed by atoms with Crippen molar-refractivity contribution >= 4 is 17.0 Å². The zero-order valence-corrected chi connectivity index (χ0v) is 11.4. The van der Waals surface area contributed by atoms with E-state index in [2.05, 4.69) is 23.6 Å². The average Bonchev–Trinajstić information content (AvgIpc) is 2.69. The number of aromatic amines is 1. The summed E-state index contributed by atoms with van der Waals surface area (Å²) in [5, 5.41) is 0. The second kappa shape index (κ2) is 5.30. The SMILES string of the molecule is COC(=O)c1ccc2c(c1)[nH]c(=O)n2CCC(C)C. The van der Waals surface area contributed by atoms with E-state index < -0.39 is 5.97 Å². The van der Waals surface area contributed by atoms with Crippen LogP contribution in [0.5, 0.6) is 0 Å². The Morgan fingerprint density at radius 1 is 1.42 bits per heavy atom. The van der Waals surface area contributed by atoms with Crippen LogP contribution in [0.25, 0.3) is 11.0 Å². The van der Waals surface area contributed by atoms with Crippen LogP contribution >= 0.6 is 0 Å². The van der Waals surface area contributed by atoms with Gasteiger partial charge in [0.25, 0.3) is 0 Å². The molecule has 1 aromatic heterocycles. The molecule has 0 atom stereocenters. The number of nitrogens with one attached hydrogen (secondary N) is 1. The lowest BCUT2D eigenvalue weighted by atomic mass is 10.1. The van der Waals surface area contributed by atoms with E-state index in [1.54, 1.807) is 22.8 Å². The molecule has 2 rings (SSSR count). The highest BCUT2D eigenvalue weighted by molar-refractivity contribution is 5.93. The number of carbonyl (C=O) groups excluding carboxylic acids is 1. The zero-order chi connectivity index (χ0) is 14.0. The number of aromatic nitrogens is 2. The van der Waals surface area contributed by atoms with Crippen LogP contribution in [0, 0.1) is 5.92 Å². The maximum atomic E-state index is 11.9. The normalized spacial score (nSPS) is 11.2. The van der Waals surface area contributed by atoms with Gasteiger partial charge >= 0.3 is 11.7 Å². The van der Waals surface area contributed by atoms with E-state index >= 15 is 0 Å². The number of nitrogens with zero attached hydrogens (tertiary/aromatic N) is 1. The quantitative estimate of drug-likeness (QED) is 0.859. The molecule has 5 heteroatoms. The molecule has 1 heterocycles. The van der Waals surface area contributed by atoms with E-state index in [0.29, 0.717) is 23.5 Å². The Balaban J connectivity index is 2.42. The smallest absolute Gasteiger partial charge is 0.337 e. The van der Waals surface area contributed by atoms with Crippen molar-refractivity contribution in [1.82, 2.24) is 9.55 Å². The number of ether oxygens (including phenoxy) is 1. The van der Waals surface area contributed by atoms with Gasteiger partial charge in [-0.3, -0.25) is 4.57 Å². The second-order valence-corrected chi connectivity index (χ2v) is 4.99. The molecule has 0 amide bonds. The number of hydrogen-bond acceptors (Lipinski definition) is 3. The van der Waals surface area contributed by atoms with Crippen molar-refractivity contribution in [2.24, 2.45) is 5.92 Å².